The van der Waals surface area contributed by atoms with Crippen molar-refractivity contribution in [2.75, 3.05) is 20.1 Å². The Bertz CT molecular complexity index is 449. The number of nitrogens with zero attached hydrogens (tertiary/aromatic N) is 3. The van der Waals surface area contributed by atoms with Crippen LogP contribution in [0, 0.1) is 6.92 Å². The zero-order valence-corrected chi connectivity index (χ0v) is 12.6. The van der Waals surface area contributed by atoms with Crippen LogP contribution in [0.3, 0.4) is 0 Å². The molecule has 100 valence electrons. The van der Waals surface area contributed by atoms with Gasteiger partial charge in [0.25, 0.3) is 5.91 Å². The average Bonchev–Trinajstić information content (AvgIpc) is 2.60. The summed E-state index contributed by atoms with van der Waals surface area (Å²) in [4.78, 5) is 14.4. The SMILES string of the molecule is Cc1c(Br)c(C(=O)NC2CCN(C)CC2)nn1C. The number of nitrogens with one attached hydrogen (secondary N) is 1. The number of amides is 1. The summed E-state index contributed by atoms with van der Waals surface area (Å²) in [6.45, 7) is 4.00. The van der Waals surface area contributed by atoms with Crippen LogP contribution in [-0.2, 0) is 7.05 Å². The highest BCUT2D eigenvalue weighted by atomic mass is 79.9. The first-order valence-electron chi connectivity index (χ1n) is 6.17. The average molecular weight is 315 g/mol. The molecule has 0 spiro atoms. The van der Waals surface area contributed by atoms with Crippen molar-refractivity contribution in [1.82, 2.24) is 20.0 Å². The lowest BCUT2D eigenvalue weighted by molar-refractivity contribution is 0.0910. The molecule has 6 heteroatoms. The molecular formula is C12H19BrN4O. The van der Waals surface area contributed by atoms with Gasteiger partial charge in [0.2, 0.25) is 0 Å². The van der Waals surface area contributed by atoms with Gasteiger partial charge in [0, 0.05) is 13.1 Å². The second-order valence-electron chi connectivity index (χ2n) is 4.92. The zero-order chi connectivity index (χ0) is 13.3. The third kappa shape index (κ3) is 2.75. The van der Waals surface area contributed by atoms with Crippen LogP contribution in [0.15, 0.2) is 4.47 Å². The fourth-order valence-corrected chi connectivity index (χ4v) is 2.65. The Labute approximate surface area is 116 Å². The fraction of sp³-hybridized carbons (Fsp3) is 0.667. The van der Waals surface area contributed by atoms with Gasteiger partial charge in [-0.1, -0.05) is 0 Å². The molecule has 1 aliphatic rings. The van der Waals surface area contributed by atoms with E-state index in [1.54, 1.807) is 4.68 Å². The van der Waals surface area contributed by atoms with Crippen LogP contribution in [0.4, 0.5) is 0 Å². The first kappa shape index (κ1) is 13.5. The lowest BCUT2D eigenvalue weighted by Crippen LogP contribution is -2.43. The van der Waals surface area contributed by atoms with Crippen molar-refractivity contribution in [3.8, 4) is 0 Å². The fourth-order valence-electron chi connectivity index (χ4n) is 2.13. The summed E-state index contributed by atoms with van der Waals surface area (Å²) in [7, 11) is 3.95. The minimum Gasteiger partial charge on any atom is -0.348 e. The summed E-state index contributed by atoms with van der Waals surface area (Å²) in [6.07, 6.45) is 2.01. The topological polar surface area (TPSA) is 50.2 Å². The third-order valence-electron chi connectivity index (χ3n) is 3.53. The Morgan fingerprint density at radius 2 is 2.00 bits per heavy atom. The molecule has 0 saturated carbocycles. The van der Waals surface area contributed by atoms with Gasteiger partial charge in [-0.2, -0.15) is 5.10 Å². The van der Waals surface area contributed by atoms with Crippen molar-refractivity contribution in [2.24, 2.45) is 7.05 Å². The third-order valence-corrected chi connectivity index (χ3v) is 4.48. The Kier molecular flexibility index (Phi) is 4.07. The highest BCUT2D eigenvalue weighted by Crippen LogP contribution is 2.20. The number of likely N-dealkylation sites (tertiary alicyclic amines) is 1. The largest absolute Gasteiger partial charge is 0.348 e. The standard InChI is InChI=1S/C12H19BrN4O/c1-8-10(13)11(15-17(8)3)12(18)14-9-4-6-16(2)7-5-9/h9H,4-7H2,1-3H3,(H,14,18). The molecule has 0 bridgehead atoms. The number of aromatic nitrogens is 2. The highest BCUT2D eigenvalue weighted by Gasteiger charge is 2.22. The minimum atomic E-state index is -0.0832. The van der Waals surface area contributed by atoms with E-state index in [1.165, 1.54) is 0 Å². The van der Waals surface area contributed by atoms with E-state index in [0.29, 0.717) is 5.69 Å². The van der Waals surface area contributed by atoms with Gasteiger partial charge in [0.1, 0.15) is 0 Å². The Balaban J connectivity index is 2.01. The molecule has 1 aromatic heterocycles. The number of aryl methyl sites for hydroxylation is 1. The molecule has 2 heterocycles. The molecule has 0 radical (unpaired) electrons. The molecule has 1 amide bonds. The van der Waals surface area contributed by atoms with Crippen LogP contribution in [0.2, 0.25) is 0 Å². The van der Waals surface area contributed by atoms with Crippen molar-refractivity contribution in [3.63, 3.8) is 0 Å². The van der Waals surface area contributed by atoms with Crippen LogP contribution >= 0.6 is 15.9 Å². The van der Waals surface area contributed by atoms with Gasteiger partial charge >= 0.3 is 0 Å². The number of hydrogen-bond donors (Lipinski definition) is 1. The number of hydrogen-bond acceptors (Lipinski definition) is 3. The number of piperidine rings is 1. The summed E-state index contributed by atoms with van der Waals surface area (Å²) in [5.74, 6) is -0.0832. The van der Waals surface area contributed by atoms with Crippen molar-refractivity contribution in [2.45, 2.75) is 25.8 Å². The summed E-state index contributed by atoms with van der Waals surface area (Å²) >= 11 is 3.42. The van der Waals surface area contributed by atoms with Gasteiger partial charge in [-0.15, -0.1) is 0 Å². The number of rotatable bonds is 2. The molecule has 0 atom stereocenters. The Morgan fingerprint density at radius 3 is 2.50 bits per heavy atom. The molecule has 2 rings (SSSR count). The first-order chi connectivity index (χ1) is 8.49. The molecule has 18 heavy (non-hydrogen) atoms. The van der Waals surface area contributed by atoms with Crippen LogP contribution in [0.5, 0.6) is 0 Å². The quantitative estimate of drug-likeness (QED) is 0.895. The maximum atomic E-state index is 12.2. The first-order valence-corrected chi connectivity index (χ1v) is 6.97. The summed E-state index contributed by atoms with van der Waals surface area (Å²) in [6, 6.07) is 0.267. The summed E-state index contributed by atoms with van der Waals surface area (Å²) in [5, 5.41) is 7.30. The van der Waals surface area contributed by atoms with Crippen LogP contribution < -0.4 is 5.32 Å². The molecular weight excluding hydrogens is 296 g/mol. The van der Waals surface area contributed by atoms with E-state index in [2.05, 4.69) is 38.3 Å². The lowest BCUT2D eigenvalue weighted by Gasteiger charge is -2.29. The molecule has 0 unspecified atom stereocenters. The van der Waals surface area contributed by atoms with Crippen LogP contribution in [0.25, 0.3) is 0 Å². The van der Waals surface area contributed by atoms with Crippen molar-refractivity contribution >= 4 is 21.8 Å². The van der Waals surface area contributed by atoms with E-state index in [9.17, 15) is 4.79 Å². The van der Waals surface area contributed by atoms with Gasteiger partial charge in [-0.05, 0) is 55.8 Å². The van der Waals surface area contributed by atoms with Crippen LogP contribution in [0.1, 0.15) is 29.0 Å². The summed E-state index contributed by atoms with van der Waals surface area (Å²) < 4.78 is 2.50. The monoisotopic (exact) mass is 314 g/mol. The minimum absolute atomic E-state index is 0.0832. The van der Waals surface area contributed by atoms with Crippen LogP contribution in [-0.4, -0.2) is 46.8 Å². The van der Waals surface area contributed by atoms with Gasteiger partial charge in [0.15, 0.2) is 5.69 Å². The van der Waals surface area contributed by atoms with Gasteiger partial charge in [0.05, 0.1) is 10.2 Å². The second kappa shape index (κ2) is 5.40. The smallest absolute Gasteiger partial charge is 0.273 e. The lowest BCUT2D eigenvalue weighted by atomic mass is 10.1. The molecule has 1 aromatic rings. The van der Waals surface area contributed by atoms with Gasteiger partial charge in [-0.3, -0.25) is 9.48 Å². The van der Waals surface area contributed by atoms with E-state index in [4.69, 9.17) is 0 Å². The van der Waals surface area contributed by atoms with E-state index in [1.807, 2.05) is 14.0 Å². The van der Waals surface area contributed by atoms with E-state index in [-0.39, 0.29) is 11.9 Å². The van der Waals surface area contributed by atoms with Gasteiger partial charge < -0.3 is 10.2 Å². The van der Waals surface area contributed by atoms with E-state index < -0.39 is 0 Å². The predicted molar refractivity (Wildman–Crippen MR) is 73.6 cm³/mol. The van der Waals surface area contributed by atoms with Crippen molar-refractivity contribution in [1.29, 1.82) is 0 Å². The van der Waals surface area contributed by atoms with E-state index >= 15 is 0 Å². The molecule has 1 N–H and O–H groups in total. The normalized spacial score (nSPS) is 18.0. The maximum absolute atomic E-state index is 12.2. The van der Waals surface area contributed by atoms with Crippen molar-refractivity contribution in [3.05, 3.63) is 15.9 Å². The zero-order valence-electron chi connectivity index (χ0n) is 11.0. The predicted octanol–water partition coefficient (Wildman–Crippen LogP) is 1.32. The number of carbonyl (C=O) groups excluding carboxylic acids is 1. The summed E-state index contributed by atoms with van der Waals surface area (Å²) in [5.41, 5.74) is 1.44. The molecule has 5 nitrogen and oxygen atoms in total. The molecule has 1 fully saturated rings. The molecule has 0 aromatic carbocycles. The Hall–Kier alpha value is -0.880. The highest BCUT2D eigenvalue weighted by molar-refractivity contribution is 9.10. The van der Waals surface area contributed by atoms with Gasteiger partial charge in [-0.25, -0.2) is 0 Å². The molecule has 1 aliphatic heterocycles. The number of carbonyl (C=O) groups is 1. The van der Waals surface area contributed by atoms with Crippen molar-refractivity contribution < 1.29 is 4.79 Å². The van der Waals surface area contributed by atoms with E-state index in [0.717, 1.165) is 36.1 Å². The second-order valence-corrected chi connectivity index (χ2v) is 5.72. The Morgan fingerprint density at radius 1 is 1.39 bits per heavy atom. The molecule has 1 saturated heterocycles. The maximum Gasteiger partial charge on any atom is 0.273 e. The number of halogens is 1. The molecule has 0 aliphatic carbocycles.